The summed E-state index contributed by atoms with van der Waals surface area (Å²) in [6, 6.07) is 7.43. The first kappa shape index (κ1) is 13.9. The van der Waals surface area contributed by atoms with Crippen LogP contribution in [0.1, 0.15) is 10.5 Å². The summed E-state index contributed by atoms with van der Waals surface area (Å²) in [5.41, 5.74) is 0.253. The number of hydrogen-bond acceptors (Lipinski definition) is 4. The Hall–Kier alpha value is -3.03. The maximum atomic E-state index is 12.3. The zero-order valence-electron chi connectivity index (χ0n) is 11.1. The highest BCUT2D eigenvalue weighted by Crippen LogP contribution is 2.25. The fourth-order valence-electron chi connectivity index (χ4n) is 1.89. The van der Waals surface area contributed by atoms with Crippen molar-refractivity contribution in [3.05, 3.63) is 54.6 Å². The standard InChI is InChI=1S/C14H10F2N4O2/c15-13(16)22-11-4-2-1-3-9(11)18-12(21)10-5-7-20-8-6-17-14(20)19-10/h1-8,13H,(H,18,21). The number of benzene rings is 1. The highest BCUT2D eigenvalue weighted by molar-refractivity contribution is 6.03. The number of aromatic nitrogens is 3. The van der Waals surface area contributed by atoms with E-state index < -0.39 is 12.5 Å². The van der Waals surface area contributed by atoms with Gasteiger partial charge in [-0.2, -0.15) is 8.78 Å². The van der Waals surface area contributed by atoms with Crippen LogP contribution < -0.4 is 10.1 Å². The lowest BCUT2D eigenvalue weighted by Gasteiger charge is -2.11. The van der Waals surface area contributed by atoms with Gasteiger partial charge in [-0.15, -0.1) is 0 Å². The minimum Gasteiger partial charge on any atom is -0.433 e. The molecule has 0 unspecified atom stereocenters. The third kappa shape index (κ3) is 2.85. The van der Waals surface area contributed by atoms with Gasteiger partial charge in [0.15, 0.2) is 0 Å². The number of imidazole rings is 1. The van der Waals surface area contributed by atoms with E-state index in [1.807, 2.05) is 0 Å². The summed E-state index contributed by atoms with van der Waals surface area (Å²) < 4.78 is 30.7. The fraction of sp³-hybridized carbons (Fsp3) is 0.0714. The summed E-state index contributed by atoms with van der Waals surface area (Å²) in [5.74, 6) is -0.298. The summed E-state index contributed by atoms with van der Waals surface area (Å²) in [7, 11) is 0. The number of carbonyl (C=O) groups is 1. The first-order chi connectivity index (χ1) is 10.6. The van der Waals surface area contributed by atoms with Crippen LogP contribution in [0.25, 0.3) is 5.78 Å². The van der Waals surface area contributed by atoms with Gasteiger partial charge in [-0.25, -0.2) is 9.97 Å². The van der Waals surface area contributed by atoms with Crippen molar-refractivity contribution in [2.24, 2.45) is 0 Å². The van der Waals surface area contributed by atoms with Crippen molar-refractivity contribution in [2.45, 2.75) is 6.61 Å². The number of nitrogens with zero attached hydrogens (tertiary/aromatic N) is 3. The second-order valence-corrected chi connectivity index (χ2v) is 4.28. The molecule has 0 spiro atoms. The average molecular weight is 304 g/mol. The molecular weight excluding hydrogens is 294 g/mol. The topological polar surface area (TPSA) is 68.5 Å². The Kier molecular flexibility index (Phi) is 3.65. The zero-order chi connectivity index (χ0) is 15.5. The molecule has 0 bridgehead atoms. The van der Waals surface area contributed by atoms with Crippen LogP contribution >= 0.6 is 0 Å². The van der Waals surface area contributed by atoms with Crippen molar-refractivity contribution in [1.82, 2.24) is 14.4 Å². The number of hydrogen-bond donors (Lipinski definition) is 1. The minimum absolute atomic E-state index is 0.116. The van der Waals surface area contributed by atoms with Gasteiger partial charge in [-0.1, -0.05) is 12.1 Å². The van der Waals surface area contributed by atoms with Gasteiger partial charge in [0.05, 0.1) is 5.69 Å². The summed E-state index contributed by atoms with van der Waals surface area (Å²) in [6.45, 7) is -2.97. The van der Waals surface area contributed by atoms with Gasteiger partial charge in [0.2, 0.25) is 5.78 Å². The highest BCUT2D eigenvalue weighted by Gasteiger charge is 2.14. The van der Waals surface area contributed by atoms with Crippen molar-refractivity contribution in [3.8, 4) is 5.75 Å². The van der Waals surface area contributed by atoms with Crippen molar-refractivity contribution in [3.63, 3.8) is 0 Å². The van der Waals surface area contributed by atoms with Gasteiger partial charge < -0.3 is 10.1 Å². The number of rotatable bonds is 4. The average Bonchev–Trinajstić information content (AvgIpc) is 2.96. The molecule has 2 aromatic heterocycles. The van der Waals surface area contributed by atoms with Crippen LogP contribution in [0.5, 0.6) is 5.75 Å². The molecule has 0 fully saturated rings. The molecule has 0 radical (unpaired) electrons. The number of halogens is 2. The Morgan fingerprint density at radius 2 is 2.05 bits per heavy atom. The molecule has 0 atom stereocenters. The van der Waals surface area contributed by atoms with Gasteiger partial charge in [-0.05, 0) is 18.2 Å². The molecule has 112 valence electrons. The normalized spacial score (nSPS) is 10.9. The van der Waals surface area contributed by atoms with Crippen molar-refractivity contribution < 1.29 is 18.3 Å². The third-order valence-electron chi connectivity index (χ3n) is 2.85. The first-order valence-corrected chi connectivity index (χ1v) is 6.28. The van der Waals surface area contributed by atoms with E-state index in [1.54, 1.807) is 29.1 Å². The molecule has 6 nitrogen and oxygen atoms in total. The predicted molar refractivity (Wildman–Crippen MR) is 74.0 cm³/mol. The van der Waals surface area contributed by atoms with Crippen molar-refractivity contribution in [2.75, 3.05) is 5.32 Å². The molecule has 8 heteroatoms. The molecule has 2 heterocycles. The second kappa shape index (κ2) is 5.76. The number of carbonyl (C=O) groups excluding carboxylic acids is 1. The van der Waals surface area contributed by atoms with E-state index in [-0.39, 0.29) is 17.1 Å². The summed E-state index contributed by atoms with van der Waals surface area (Å²) >= 11 is 0. The maximum Gasteiger partial charge on any atom is 0.387 e. The number of amides is 1. The molecule has 3 rings (SSSR count). The van der Waals surface area contributed by atoms with E-state index in [0.29, 0.717) is 5.78 Å². The van der Waals surface area contributed by atoms with Crippen LogP contribution in [0.15, 0.2) is 48.9 Å². The zero-order valence-corrected chi connectivity index (χ0v) is 11.1. The molecule has 0 aliphatic carbocycles. The lowest BCUT2D eigenvalue weighted by Crippen LogP contribution is -2.15. The Labute approximate surface area is 123 Å². The van der Waals surface area contributed by atoms with E-state index in [0.717, 1.165) is 0 Å². The first-order valence-electron chi connectivity index (χ1n) is 6.28. The number of ether oxygens (including phenoxy) is 1. The molecule has 0 aliphatic heterocycles. The summed E-state index contributed by atoms with van der Waals surface area (Å²) in [5, 5.41) is 2.49. The Morgan fingerprint density at radius 1 is 1.23 bits per heavy atom. The van der Waals surface area contributed by atoms with Crippen LogP contribution in [0.2, 0.25) is 0 Å². The molecule has 0 saturated heterocycles. The van der Waals surface area contributed by atoms with Crippen LogP contribution in [0.4, 0.5) is 14.5 Å². The second-order valence-electron chi connectivity index (χ2n) is 4.28. The van der Waals surface area contributed by atoms with Crippen LogP contribution in [-0.2, 0) is 0 Å². The van der Waals surface area contributed by atoms with E-state index >= 15 is 0 Å². The largest absolute Gasteiger partial charge is 0.433 e. The number of fused-ring (bicyclic) bond motifs is 1. The van der Waals surface area contributed by atoms with Crippen molar-refractivity contribution in [1.29, 1.82) is 0 Å². The summed E-state index contributed by atoms with van der Waals surface area (Å²) in [4.78, 5) is 20.2. The van der Waals surface area contributed by atoms with Gasteiger partial charge in [0, 0.05) is 18.6 Å². The van der Waals surface area contributed by atoms with Gasteiger partial charge in [0.25, 0.3) is 5.91 Å². The molecule has 0 aliphatic rings. The maximum absolute atomic E-state index is 12.3. The van der Waals surface area contributed by atoms with Gasteiger partial charge >= 0.3 is 6.61 Å². The SMILES string of the molecule is O=C(Nc1ccccc1OC(F)F)c1ccn2ccnc2n1. The van der Waals surface area contributed by atoms with E-state index in [1.165, 1.54) is 24.3 Å². The minimum atomic E-state index is -2.97. The number of nitrogens with one attached hydrogen (secondary N) is 1. The Bertz CT molecular complexity index is 819. The van der Waals surface area contributed by atoms with Crippen molar-refractivity contribution >= 4 is 17.4 Å². The Balaban J connectivity index is 1.84. The smallest absolute Gasteiger partial charge is 0.387 e. The van der Waals surface area contributed by atoms with Crippen LogP contribution in [0.3, 0.4) is 0 Å². The Morgan fingerprint density at radius 3 is 2.86 bits per heavy atom. The molecule has 22 heavy (non-hydrogen) atoms. The fourth-order valence-corrected chi connectivity index (χ4v) is 1.89. The predicted octanol–water partition coefficient (Wildman–Crippen LogP) is 2.58. The molecule has 1 N–H and O–H groups in total. The van der Waals surface area contributed by atoms with E-state index in [9.17, 15) is 13.6 Å². The van der Waals surface area contributed by atoms with Crippen LogP contribution in [0, 0.1) is 0 Å². The number of alkyl halides is 2. The molecule has 1 amide bonds. The highest BCUT2D eigenvalue weighted by atomic mass is 19.3. The number of para-hydroxylation sites is 2. The molecule has 1 aromatic carbocycles. The van der Waals surface area contributed by atoms with E-state index in [4.69, 9.17) is 0 Å². The van der Waals surface area contributed by atoms with Crippen LogP contribution in [-0.4, -0.2) is 26.9 Å². The van der Waals surface area contributed by atoms with Gasteiger partial charge in [0.1, 0.15) is 11.4 Å². The monoisotopic (exact) mass is 304 g/mol. The lowest BCUT2D eigenvalue weighted by molar-refractivity contribution is -0.0493. The molecule has 0 saturated carbocycles. The molecular formula is C14H10F2N4O2. The summed E-state index contributed by atoms with van der Waals surface area (Å²) in [6.07, 6.45) is 4.87. The third-order valence-corrected chi connectivity index (χ3v) is 2.85. The number of anilines is 1. The molecule has 3 aromatic rings. The lowest BCUT2D eigenvalue weighted by atomic mass is 10.2. The quantitative estimate of drug-likeness (QED) is 0.804. The van der Waals surface area contributed by atoms with E-state index in [2.05, 4.69) is 20.0 Å². The van der Waals surface area contributed by atoms with Gasteiger partial charge in [-0.3, -0.25) is 9.20 Å².